The second-order valence-corrected chi connectivity index (χ2v) is 5.72. The van der Waals surface area contributed by atoms with E-state index in [9.17, 15) is 0 Å². The third kappa shape index (κ3) is 2.76. The van der Waals surface area contributed by atoms with Gasteiger partial charge in [-0.15, -0.1) is 0 Å². The van der Waals surface area contributed by atoms with Crippen molar-refractivity contribution in [3.8, 4) is 0 Å². The summed E-state index contributed by atoms with van der Waals surface area (Å²) in [4.78, 5) is 0. The molecular formula is C16H25NO. The standard InChI is InChI=1S/C16H25NO/c1-13(18-3)16(2)9-10-17-12-15(16)11-14-7-5-4-6-8-14/h4-8,13,15,17H,9-12H2,1-3H3. The molecule has 1 saturated heterocycles. The van der Waals surface area contributed by atoms with Gasteiger partial charge < -0.3 is 10.1 Å². The Hall–Kier alpha value is -0.860. The van der Waals surface area contributed by atoms with Crippen LogP contribution >= 0.6 is 0 Å². The van der Waals surface area contributed by atoms with Gasteiger partial charge in [-0.05, 0) is 49.8 Å². The van der Waals surface area contributed by atoms with Crippen LogP contribution in [0, 0.1) is 11.3 Å². The molecule has 2 rings (SSSR count). The predicted molar refractivity (Wildman–Crippen MR) is 75.7 cm³/mol. The summed E-state index contributed by atoms with van der Waals surface area (Å²) in [5, 5.41) is 3.53. The molecule has 0 saturated carbocycles. The summed E-state index contributed by atoms with van der Waals surface area (Å²) >= 11 is 0. The van der Waals surface area contributed by atoms with Crippen molar-refractivity contribution in [1.82, 2.24) is 5.32 Å². The first-order valence-corrected chi connectivity index (χ1v) is 6.94. The quantitative estimate of drug-likeness (QED) is 0.883. The van der Waals surface area contributed by atoms with Crippen molar-refractivity contribution in [3.05, 3.63) is 35.9 Å². The molecule has 1 aliphatic rings. The monoisotopic (exact) mass is 247 g/mol. The van der Waals surface area contributed by atoms with Gasteiger partial charge in [-0.3, -0.25) is 0 Å². The van der Waals surface area contributed by atoms with E-state index in [1.54, 1.807) is 0 Å². The predicted octanol–water partition coefficient (Wildman–Crippen LogP) is 2.88. The molecule has 0 aliphatic carbocycles. The Morgan fingerprint density at radius 3 is 2.78 bits per heavy atom. The number of piperidine rings is 1. The Labute approximate surface area is 111 Å². The average molecular weight is 247 g/mol. The summed E-state index contributed by atoms with van der Waals surface area (Å²) in [6, 6.07) is 10.8. The molecule has 1 heterocycles. The molecule has 100 valence electrons. The van der Waals surface area contributed by atoms with Crippen molar-refractivity contribution in [2.24, 2.45) is 11.3 Å². The van der Waals surface area contributed by atoms with Gasteiger partial charge in [-0.1, -0.05) is 37.3 Å². The molecule has 1 aliphatic heterocycles. The molecule has 2 heteroatoms. The van der Waals surface area contributed by atoms with Crippen LogP contribution in [0.15, 0.2) is 30.3 Å². The third-order valence-corrected chi connectivity index (χ3v) is 4.77. The summed E-state index contributed by atoms with van der Waals surface area (Å²) in [7, 11) is 1.83. The zero-order valence-corrected chi connectivity index (χ0v) is 11.8. The van der Waals surface area contributed by atoms with Gasteiger partial charge in [0.1, 0.15) is 0 Å². The Morgan fingerprint density at radius 2 is 2.11 bits per heavy atom. The fraction of sp³-hybridized carbons (Fsp3) is 0.625. The second-order valence-electron chi connectivity index (χ2n) is 5.72. The lowest BCUT2D eigenvalue weighted by molar-refractivity contribution is -0.0422. The molecule has 1 aromatic rings. The SMILES string of the molecule is COC(C)C1(C)CCNCC1Cc1ccccc1. The van der Waals surface area contributed by atoms with Crippen LogP contribution in [0.2, 0.25) is 0 Å². The van der Waals surface area contributed by atoms with Crippen LogP contribution in [-0.4, -0.2) is 26.3 Å². The maximum atomic E-state index is 5.63. The first-order valence-electron chi connectivity index (χ1n) is 6.94. The van der Waals surface area contributed by atoms with E-state index in [0.29, 0.717) is 12.0 Å². The van der Waals surface area contributed by atoms with Gasteiger partial charge >= 0.3 is 0 Å². The lowest BCUT2D eigenvalue weighted by atomic mass is 9.67. The van der Waals surface area contributed by atoms with Crippen LogP contribution in [0.5, 0.6) is 0 Å². The second kappa shape index (κ2) is 5.85. The van der Waals surface area contributed by atoms with Crippen molar-refractivity contribution in [2.45, 2.75) is 32.8 Å². The molecule has 1 fully saturated rings. The summed E-state index contributed by atoms with van der Waals surface area (Å²) in [6.07, 6.45) is 2.64. The largest absolute Gasteiger partial charge is 0.381 e. The minimum Gasteiger partial charge on any atom is -0.381 e. The van der Waals surface area contributed by atoms with Gasteiger partial charge in [0.25, 0.3) is 0 Å². The van der Waals surface area contributed by atoms with Crippen molar-refractivity contribution in [2.75, 3.05) is 20.2 Å². The first kappa shape index (κ1) is 13.6. The summed E-state index contributed by atoms with van der Waals surface area (Å²) in [5.41, 5.74) is 1.70. The van der Waals surface area contributed by atoms with Crippen LogP contribution in [0.4, 0.5) is 0 Å². The van der Waals surface area contributed by atoms with Gasteiger partial charge in [0, 0.05) is 7.11 Å². The normalized spacial score (nSPS) is 30.1. The topological polar surface area (TPSA) is 21.3 Å². The first-order chi connectivity index (χ1) is 8.66. The smallest absolute Gasteiger partial charge is 0.0600 e. The lowest BCUT2D eigenvalue weighted by Gasteiger charge is -2.45. The zero-order chi connectivity index (χ0) is 13.0. The molecule has 0 radical (unpaired) electrons. The highest BCUT2D eigenvalue weighted by atomic mass is 16.5. The fourth-order valence-electron chi connectivity index (χ4n) is 3.08. The highest BCUT2D eigenvalue weighted by Crippen LogP contribution is 2.40. The molecule has 1 N–H and O–H groups in total. The van der Waals surface area contributed by atoms with Crippen molar-refractivity contribution < 1.29 is 4.74 Å². The number of ether oxygens (including phenoxy) is 1. The molecule has 2 nitrogen and oxygen atoms in total. The minimum atomic E-state index is 0.274. The van der Waals surface area contributed by atoms with E-state index in [2.05, 4.69) is 49.5 Å². The Kier molecular flexibility index (Phi) is 4.41. The molecule has 1 aromatic carbocycles. The number of nitrogens with one attached hydrogen (secondary N) is 1. The number of benzene rings is 1. The zero-order valence-electron chi connectivity index (χ0n) is 11.8. The van der Waals surface area contributed by atoms with Crippen LogP contribution < -0.4 is 5.32 Å². The highest BCUT2D eigenvalue weighted by molar-refractivity contribution is 5.16. The summed E-state index contributed by atoms with van der Waals surface area (Å²) < 4.78 is 5.63. The maximum Gasteiger partial charge on any atom is 0.0600 e. The molecule has 0 aromatic heterocycles. The fourth-order valence-corrected chi connectivity index (χ4v) is 3.08. The van der Waals surface area contributed by atoms with Gasteiger partial charge in [0.05, 0.1) is 6.10 Å². The van der Waals surface area contributed by atoms with Crippen LogP contribution in [0.1, 0.15) is 25.8 Å². The maximum absolute atomic E-state index is 5.63. The Balaban J connectivity index is 2.13. The van der Waals surface area contributed by atoms with Crippen LogP contribution in [0.3, 0.4) is 0 Å². The molecular weight excluding hydrogens is 222 g/mol. The molecule has 18 heavy (non-hydrogen) atoms. The Bertz CT molecular complexity index is 365. The number of hydrogen-bond donors (Lipinski definition) is 1. The van der Waals surface area contributed by atoms with Crippen molar-refractivity contribution in [3.63, 3.8) is 0 Å². The molecule has 0 spiro atoms. The summed E-state index contributed by atoms with van der Waals surface area (Å²) in [5.74, 6) is 0.642. The number of rotatable bonds is 4. The molecule has 3 unspecified atom stereocenters. The minimum absolute atomic E-state index is 0.274. The van der Waals surface area contributed by atoms with Crippen LogP contribution in [0.25, 0.3) is 0 Å². The molecule has 0 amide bonds. The van der Waals surface area contributed by atoms with Gasteiger partial charge in [-0.25, -0.2) is 0 Å². The van der Waals surface area contributed by atoms with E-state index in [4.69, 9.17) is 4.74 Å². The highest BCUT2D eigenvalue weighted by Gasteiger charge is 2.41. The van der Waals surface area contributed by atoms with Gasteiger partial charge in [-0.2, -0.15) is 0 Å². The van der Waals surface area contributed by atoms with Crippen LogP contribution in [-0.2, 0) is 11.2 Å². The van der Waals surface area contributed by atoms with E-state index < -0.39 is 0 Å². The average Bonchev–Trinajstić information content (AvgIpc) is 2.42. The number of methoxy groups -OCH3 is 1. The van der Waals surface area contributed by atoms with E-state index >= 15 is 0 Å². The molecule has 0 bridgehead atoms. The summed E-state index contributed by atoms with van der Waals surface area (Å²) in [6.45, 7) is 6.80. The van der Waals surface area contributed by atoms with Crippen molar-refractivity contribution >= 4 is 0 Å². The Morgan fingerprint density at radius 1 is 1.39 bits per heavy atom. The van der Waals surface area contributed by atoms with Gasteiger partial charge in [0.2, 0.25) is 0 Å². The molecule has 3 atom stereocenters. The van der Waals surface area contributed by atoms with Crippen molar-refractivity contribution in [1.29, 1.82) is 0 Å². The number of hydrogen-bond acceptors (Lipinski definition) is 2. The van der Waals surface area contributed by atoms with E-state index in [-0.39, 0.29) is 5.41 Å². The van der Waals surface area contributed by atoms with E-state index in [0.717, 1.165) is 19.5 Å². The third-order valence-electron chi connectivity index (χ3n) is 4.77. The van der Waals surface area contributed by atoms with E-state index in [1.165, 1.54) is 12.0 Å². The lowest BCUT2D eigenvalue weighted by Crippen LogP contribution is -2.50. The van der Waals surface area contributed by atoms with Gasteiger partial charge in [0.15, 0.2) is 0 Å². The van der Waals surface area contributed by atoms with E-state index in [1.807, 2.05) is 7.11 Å².